The zero-order valence-corrected chi connectivity index (χ0v) is 15.2. The predicted molar refractivity (Wildman–Crippen MR) is 104 cm³/mol. The third-order valence-electron chi connectivity index (χ3n) is 6.24. The molecule has 0 amide bonds. The normalized spacial score (nSPS) is 31.5. The summed E-state index contributed by atoms with van der Waals surface area (Å²) in [5.41, 5.74) is 1.81. The highest BCUT2D eigenvalue weighted by Gasteiger charge is 2.46. The van der Waals surface area contributed by atoms with Crippen molar-refractivity contribution in [3.05, 3.63) is 61.3 Å². The van der Waals surface area contributed by atoms with Crippen LogP contribution in [-0.4, -0.2) is 41.2 Å². The standard InChI is InChI=1S/C22H26N2O2/c1-4-14-12-24-13-15(5-2)18(14)11-21(24)22(25)17-8-9-23-20-7-6-16(26-3)10-19(17)20/h4-10,14-15,18,21-22,25H,1-2,11-13H2,3H3/t14-,15?,18?,21-,22+/m0/s1. The van der Waals surface area contributed by atoms with Gasteiger partial charge in [0.25, 0.3) is 0 Å². The zero-order chi connectivity index (χ0) is 18.3. The van der Waals surface area contributed by atoms with Gasteiger partial charge in [-0.15, -0.1) is 13.2 Å². The van der Waals surface area contributed by atoms with E-state index in [1.165, 1.54) is 0 Å². The first-order valence-corrected chi connectivity index (χ1v) is 9.26. The van der Waals surface area contributed by atoms with E-state index in [2.05, 4.69) is 35.2 Å². The second-order valence-electron chi connectivity index (χ2n) is 7.45. The number of methoxy groups -OCH3 is 1. The van der Waals surface area contributed by atoms with Crippen LogP contribution in [0.15, 0.2) is 55.8 Å². The Kier molecular flexibility index (Phi) is 4.55. The third kappa shape index (κ3) is 2.74. The van der Waals surface area contributed by atoms with Gasteiger partial charge >= 0.3 is 0 Å². The Balaban J connectivity index is 1.69. The van der Waals surface area contributed by atoms with Gasteiger partial charge in [-0.2, -0.15) is 0 Å². The molecule has 1 N–H and O–H groups in total. The molecule has 3 fully saturated rings. The fraction of sp³-hybridized carbons (Fsp3) is 0.409. The number of hydrogen-bond acceptors (Lipinski definition) is 4. The molecule has 3 saturated heterocycles. The van der Waals surface area contributed by atoms with Crippen LogP contribution in [0.4, 0.5) is 0 Å². The van der Waals surface area contributed by atoms with E-state index in [1.54, 1.807) is 13.3 Å². The smallest absolute Gasteiger partial charge is 0.119 e. The molecule has 5 rings (SSSR count). The lowest BCUT2D eigenvalue weighted by Gasteiger charge is -2.53. The van der Waals surface area contributed by atoms with Gasteiger partial charge in [-0.05, 0) is 54.0 Å². The van der Waals surface area contributed by atoms with Gasteiger partial charge in [0.05, 0.1) is 18.7 Å². The number of benzene rings is 1. The molecule has 0 spiro atoms. The highest BCUT2D eigenvalue weighted by molar-refractivity contribution is 5.83. The van der Waals surface area contributed by atoms with Crippen LogP contribution in [-0.2, 0) is 0 Å². The van der Waals surface area contributed by atoms with Crippen molar-refractivity contribution in [1.29, 1.82) is 0 Å². The number of piperidine rings is 3. The van der Waals surface area contributed by atoms with Gasteiger partial charge in [-0.1, -0.05) is 12.2 Å². The number of fused-ring (bicyclic) bond motifs is 4. The van der Waals surface area contributed by atoms with Gasteiger partial charge in [0.1, 0.15) is 5.75 Å². The first-order valence-electron chi connectivity index (χ1n) is 9.26. The van der Waals surface area contributed by atoms with Crippen LogP contribution in [0, 0.1) is 17.8 Å². The van der Waals surface area contributed by atoms with E-state index in [1.807, 2.05) is 24.3 Å². The van der Waals surface area contributed by atoms with Gasteiger partial charge in [0.15, 0.2) is 0 Å². The largest absolute Gasteiger partial charge is 0.497 e. The summed E-state index contributed by atoms with van der Waals surface area (Å²) in [7, 11) is 1.66. The molecule has 4 heteroatoms. The van der Waals surface area contributed by atoms with E-state index in [4.69, 9.17) is 4.74 Å². The van der Waals surface area contributed by atoms with E-state index >= 15 is 0 Å². The van der Waals surface area contributed by atoms with Crippen LogP contribution in [0.5, 0.6) is 5.75 Å². The number of ether oxygens (including phenoxy) is 1. The highest BCUT2D eigenvalue weighted by Crippen LogP contribution is 2.45. The van der Waals surface area contributed by atoms with Crippen molar-refractivity contribution in [1.82, 2.24) is 9.88 Å². The molecule has 0 radical (unpaired) electrons. The number of nitrogens with zero attached hydrogens (tertiary/aromatic N) is 2. The minimum atomic E-state index is -0.549. The third-order valence-corrected chi connectivity index (χ3v) is 6.24. The summed E-state index contributed by atoms with van der Waals surface area (Å²) < 4.78 is 5.37. The predicted octanol–water partition coefficient (Wildman–Crippen LogP) is 3.59. The number of rotatable bonds is 5. The highest BCUT2D eigenvalue weighted by atomic mass is 16.5. The van der Waals surface area contributed by atoms with Crippen molar-refractivity contribution in [2.75, 3.05) is 20.2 Å². The van der Waals surface area contributed by atoms with Crippen LogP contribution in [0.3, 0.4) is 0 Å². The van der Waals surface area contributed by atoms with Crippen LogP contribution in [0.25, 0.3) is 10.9 Å². The topological polar surface area (TPSA) is 45.6 Å². The SMILES string of the molecule is C=CC1CN2C[C@H](C=C)C1C[C@H]2[C@H](O)c1ccnc2ccc(OC)cc12. The lowest BCUT2D eigenvalue weighted by Crippen LogP contribution is -2.58. The van der Waals surface area contributed by atoms with Crippen molar-refractivity contribution in [3.63, 3.8) is 0 Å². The summed E-state index contributed by atoms with van der Waals surface area (Å²) in [6, 6.07) is 7.87. The maximum Gasteiger partial charge on any atom is 0.119 e. The van der Waals surface area contributed by atoms with Gasteiger partial charge < -0.3 is 9.84 Å². The molecule has 4 nitrogen and oxygen atoms in total. The Morgan fingerprint density at radius 1 is 1.23 bits per heavy atom. The lowest BCUT2D eigenvalue weighted by atomic mass is 9.68. The summed E-state index contributed by atoms with van der Waals surface area (Å²) in [6.45, 7) is 9.96. The molecule has 3 aliphatic rings. The number of hydrogen-bond donors (Lipinski definition) is 1. The molecule has 26 heavy (non-hydrogen) atoms. The number of aliphatic hydroxyl groups is 1. The summed E-state index contributed by atoms with van der Waals surface area (Å²) in [4.78, 5) is 6.85. The van der Waals surface area contributed by atoms with Crippen molar-refractivity contribution in [3.8, 4) is 5.75 Å². The monoisotopic (exact) mass is 350 g/mol. The van der Waals surface area contributed by atoms with E-state index in [-0.39, 0.29) is 6.04 Å². The van der Waals surface area contributed by atoms with Crippen molar-refractivity contribution >= 4 is 10.9 Å². The molecule has 0 saturated carbocycles. The second kappa shape index (κ2) is 6.86. The molecule has 136 valence electrons. The number of aliphatic hydroxyl groups excluding tert-OH is 1. The van der Waals surface area contributed by atoms with E-state index in [0.29, 0.717) is 17.8 Å². The minimum absolute atomic E-state index is 0.115. The summed E-state index contributed by atoms with van der Waals surface area (Å²) >= 11 is 0. The van der Waals surface area contributed by atoms with E-state index < -0.39 is 6.10 Å². The Morgan fingerprint density at radius 2 is 1.96 bits per heavy atom. The molecule has 3 aliphatic heterocycles. The van der Waals surface area contributed by atoms with Crippen molar-refractivity contribution in [2.45, 2.75) is 18.6 Å². The Hall–Kier alpha value is -2.17. The number of pyridine rings is 1. The molecule has 1 aromatic carbocycles. The van der Waals surface area contributed by atoms with Gasteiger partial charge in [0.2, 0.25) is 0 Å². The molecular formula is C22H26N2O2. The first kappa shape index (κ1) is 17.3. The van der Waals surface area contributed by atoms with Crippen LogP contribution in [0.1, 0.15) is 18.1 Å². The second-order valence-corrected chi connectivity index (χ2v) is 7.45. The average molecular weight is 350 g/mol. The lowest BCUT2D eigenvalue weighted by molar-refractivity contribution is -0.0636. The molecule has 4 heterocycles. The minimum Gasteiger partial charge on any atom is -0.497 e. The fourth-order valence-corrected chi connectivity index (χ4v) is 4.82. The van der Waals surface area contributed by atoms with Crippen LogP contribution in [0.2, 0.25) is 0 Å². The Morgan fingerprint density at radius 3 is 2.58 bits per heavy atom. The summed E-state index contributed by atoms with van der Waals surface area (Å²) in [5.74, 6) is 2.24. The first-order chi connectivity index (χ1) is 12.7. The van der Waals surface area contributed by atoms with Gasteiger partial charge in [0, 0.05) is 30.7 Å². The average Bonchev–Trinajstić information content (AvgIpc) is 2.71. The summed E-state index contributed by atoms with van der Waals surface area (Å²) in [5, 5.41) is 12.2. The number of aromatic nitrogens is 1. The quantitative estimate of drug-likeness (QED) is 0.837. The zero-order valence-electron chi connectivity index (χ0n) is 15.2. The maximum atomic E-state index is 11.3. The molecule has 0 aliphatic carbocycles. The van der Waals surface area contributed by atoms with E-state index in [0.717, 1.165) is 41.7 Å². The molecule has 2 aromatic rings. The van der Waals surface area contributed by atoms with E-state index in [9.17, 15) is 5.11 Å². The van der Waals surface area contributed by atoms with Crippen molar-refractivity contribution in [2.24, 2.45) is 17.8 Å². The van der Waals surface area contributed by atoms with Gasteiger partial charge in [-0.25, -0.2) is 0 Å². The molecule has 6 atom stereocenters. The van der Waals surface area contributed by atoms with Crippen LogP contribution < -0.4 is 4.74 Å². The fourth-order valence-electron chi connectivity index (χ4n) is 4.82. The molecular weight excluding hydrogens is 324 g/mol. The molecule has 1 aromatic heterocycles. The molecule has 2 bridgehead atoms. The Labute approximate surface area is 154 Å². The van der Waals surface area contributed by atoms with Crippen molar-refractivity contribution < 1.29 is 9.84 Å². The Bertz CT molecular complexity index is 816. The van der Waals surface area contributed by atoms with Crippen LogP contribution >= 0.6 is 0 Å². The summed E-state index contributed by atoms with van der Waals surface area (Å²) in [6.07, 6.45) is 6.34. The van der Waals surface area contributed by atoms with Gasteiger partial charge in [-0.3, -0.25) is 9.88 Å². The molecule has 3 unspecified atom stereocenters. The maximum absolute atomic E-state index is 11.3.